The Labute approximate surface area is 103 Å². The molecule has 2 N–H and O–H groups in total. The first-order valence-corrected chi connectivity index (χ1v) is 5.99. The minimum absolute atomic E-state index is 0.209. The van der Waals surface area contributed by atoms with Crippen molar-refractivity contribution in [3.8, 4) is 0 Å². The highest BCUT2D eigenvalue weighted by molar-refractivity contribution is 5.86. The van der Waals surface area contributed by atoms with E-state index in [1.165, 1.54) is 0 Å². The molecule has 0 aliphatic carbocycles. The largest absolute Gasteiger partial charge is 0.480 e. The number of nitrogens with one attached hydrogen (secondary N) is 1. The third kappa shape index (κ3) is 6.26. The summed E-state index contributed by atoms with van der Waals surface area (Å²) in [7, 11) is 1.61. The molecule has 0 rings (SSSR count). The van der Waals surface area contributed by atoms with Gasteiger partial charge in [-0.1, -0.05) is 13.3 Å². The van der Waals surface area contributed by atoms with Gasteiger partial charge in [0.05, 0.1) is 0 Å². The molecule has 5 heteroatoms. The maximum absolute atomic E-state index is 11.6. The lowest BCUT2D eigenvalue weighted by Crippen LogP contribution is -2.52. The van der Waals surface area contributed by atoms with Crippen LogP contribution < -0.4 is 5.32 Å². The third-order valence-corrected chi connectivity index (χ3v) is 2.64. The van der Waals surface area contributed by atoms with Crippen LogP contribution in [0.4, 0.5) is 0 Å². The Hall–Kier alpha value is -1.10. The van der Waals surface area contributed by atoms with Gasteiger partial charge in [-0.05, 0) is 26.2 Å². The SMILES string of the molecule is CCCC(C)(NC(=O)CCCCOC)C(=O)O. The van der Waals surface area contributed by atoms with E-state index in [0.29, 0.717) is 32.3 Å². The van der Waals surface area contributed by atoms with Gasteiger partial charge in [0.1, 0.15) is 5.54 Å². The van der Waals surface area contributed by atoms with Gasteiger partial charge in [-0.15, -0.1) is 0 Å². The van der Waals surface area contributed by atoms with Crippen molar-refractivity contribution >= 4 is 11.9 Å². The number of methoxy groups -OCH3 is 1. The number of ether oxygens (including phenoxy) is 1. The Morgan fingerprint density at radius 3 is 2.47 bits per heavy atom. The molecule has 0 aromatic rings. The van der Waals surface area contributed by atoms with Crippen LogP contribution in [0.25, 0.3) is 0 Å². The third-order valence-electron chi connectivity index (χ3n) is 2.64. The van der Waals surface area contributed by atoms with Crippen LogP contribution in [0.15, 0.2) is 0 Å². The van der Waals surface area contributed by atoms with Crippen LogP contribution in [0.2, 0.25) is 0 Å². The topological polar surface area (TPSA) is 75.6 Å². The molecule has 0 saturated heterocycles. The van der Waals surface area contributed by atoms with Gasteiger partial charge in [0.2, 0.25) is 5.91 Å². The molecule has 0 heterocycles. The molecule has 17 heavy (non-hydrogen) atoms. The molecule has 0 spiro atoms. The normalized spacial score (nSPS) is 14.1. The minimum Gasteiger partial charge on any atom is -0.480 e. The fourth-order valence-corrected chi connectivity index (χ4v) is 1.63. The van der Waals surface area contributed by atoms with E-state index >= 15 is 0 Å². The fraction of sp³-hybridized carbons (Fsp3) is 0.833. The first-order chi connectivity index (χ1) is 7.96. The Morgan fingerprint density at radius 1 is 1.35 bits per heavy atom. The van der Waals surface area contributed by atoms with Gasteiger partial charge in [0, 0.05) is 20.1 Å². The lowest BCUT2D eigenvalue weighted by molar-refractivity contribution is -0.147. The summed E-state index contributed by atoms with van der Waals surface area (Å²) in [5, 5.41) is 11.7. The summed E-state index contributed by atoms with van der Waals surface area (Å²) in [6.07, 6.45) is 3.01. The number of carboxylic acids is 1. The van der Waals surface area contributed by atoms with Crippen LogP contribution >= 0.6 is 0 Å². The van der Waals surface area contributed by atoms with Crippen molar-refractivity contribution in [2.45, 2.75) is 51.5 Å². The van der Waals surface area contributed by atoms with E-state index in [9.17, 15) is 9.59 Å². The van der Waals surface area contributed by atoms with Crippen molar-refractivity contribution in [1.82, 2.24) is 5.32 Å². The van der Waals surface area contributed by atoms with Crippen molar-refractivity contribution in [3.63, 3.8) is 0 Å². The summed E-state index contributed by atoms with van der Waals surface area (Å²) in [5.41, 5.74) is -1.15. The number of aliphatic carboxylic acids is 1. The van der Waals surface area contributed by atoms with Gasteiger partial charge in [-0.2, -0.15) is 0 Å². The zero-order valence-electron chi connectivity index (χ0n) is 10.9. The molecule has 0 aliphatic rings. The Morgan fingerprint density at radius 2 is 2.00 bits per heavy atom. The van der Waals surface area contributed by atoms with Gasteiger partial charge in [0.15, 0.2) is 0 Å². The van der Waals surface area contributed by atoms with Crippen LogP contribution in [0.3, 0.4) is 0 Å². The quantitative estimate of drug-likeness (QED) is 0.604. The Kier molecular flexibility index (Phi) is 7.54. The zero-order chi connectivity index (χ0) is 13.3. The number of hydrogen-bond donors (Lipinski definition) is 2. The fourth-order valence-electron chi connectivity index (χ4n) is 1.63. The highest BCUT2D eigenvalue weighted by atomic mass is 16.5. The molecule has 0 radical (unpaired) electrons. The van der Waals surface area contributed by atoms with E-state index in [1.54, 1.807) is 14.0 Å². The van der Waals surface area contributed by atoms with Gasteiger partial charge in [0.25, 0.3) is 0 Å². The summed E-state index contributed by atoms with van der Waals surface area (Å²) < 4.78 is 4.88. The van der Waals surface area contributed by atoms with Crippen LogP contribution in [0.1, 0.15) is 46.0 Å². The number of carboxylic acid groups (broad SMARTS) is 1. The van der Waals surface area contributed by atoms with Crippen molar-refractivity contribution < 1.29 is 19.4 Å². The first kappa shape index (κ1) is 15.9. The second-order valence-corrected chi connectivity index (χ2v) is 4.39. The molecule has 1 unspecified atom stereocenters. The van der Waals surface area contributed by atoms with E-state index < -0.39 is 11.5 Å². The zero-order valence-corrected chi connectivity index (χ0v) is 10.9. The van der Waals surface area contributed by atoms with E-state index in [1.807, 2.05) is 6.92 Å². The molecule has 1 atom stereocenters. The van der Waals surface area contributed by atoms with Crippen LogP contribution in [0.5, 0.6) is 0 Å². The van der Waals surface area contributed by atoms with Crippen LogP contribution in [-0.2, 0) is 14.3 Å². The number of hydrogen-bond acceptors (Lipinski definition) is 3. The molecule has 0 aliphatic heterocycles. The maximum atomic E-state index is 11.6. The number of rotatable bonds is 9. The summed E-state index contributed by atoms with van der Waals surface area (Å²) in [6.45, 7) is 4.07. The van der Waals surface area contributed by atoms with Crippen LogP contribution in [-0.4, -0.2) is 36.2 Å². The summed E-state index contributed by atoms with van der Waals surface area (Å²) >= 11 is 0. The minimum atomic E-state index is -1.15. The van der Waals surface area contributed by atoms with Crippen LogP contribution in [0, 0.1) is 0 Å². The standard InChI is InChI=1S/C12H23NO4/c1-4-8-12(2,11(15)16)13-10(14)7-5-6-9-17-3/h4-9H2,1-3H3,(H,13,14)(H,15,16). The second-order valence-electron chi connectivity index (χ2n) is 4.39. The summed E-state index contributed by atoms with van der Waals surface area (Å²) in [6, 6.07) is 0. The van der Waals surface area contributed by atoms with Crippen molar-refractivity contribution in [1.29, 1.82) is 0 Å². The maximum Gasteiger partial charge on any atom is 0.329 e. The molecule has 1 amide bonds. The van der Waals surface area contributed by atoms with Crippen molar-refractivity contribution in [3.05, 3.63) is 0 Å². The van der Waals surface area contributed by atoms with E-state index in [0.717, 1.165) is 6.42 Å². The Bertz CT molecular complexity index is 255. The molecule has 0 aromatic heterocycles. The molecular formula is C12H23NO4. The molecule has 0 bridgehead atoms. The predicted octanol–water partition coefficient (Wildman–Crippen LogP) is 1.56. The highest BCUT2D eigenvalue weighted by Gasteiger charge is 2.33. The Balaban J connectivity index is 4.09. The van der Waals surface area contributed by atoms with Gasteiger partial charge in [-0.25, -0.2) is 4.79 Å². The summed E-state index contributed by atoms with van der Waals surface area (Å²) in [4.78, 5) is 22.7. The lowest BCUT2D eigenvalue weighted by atomic mass is 9.96. The monoisotopic (exact) mass is 245 g/mol. The predicted molar refractivity (Wildman–Crippen MR) is 64.8 cm³/mol. The first-order valence-electron chi connectivity index (χ1n) is 5.99. The van der Waals surface area contributed by atoms with Gasteiger partial charge in [-0.3, -0.25) is 4.79 Å². The van der Waals surface area contributed by atoms with Gasteiger partial charge < -0.3 is 15.2 Å². The number of carbonyl (C=O) groups excluding carboxylic acids is 1. The average Bonchev–Trinajstić information content (AvgIpc) is 2.24. The van der Waals surface area contributed by atoms with E-state index in [-0.39, 0.29) is 5.91 Å². The van der Waals surface area contributed by atoms with E-state index in [4.69, 9.17) is 9.84 Å². The van der Waals surface area contributed by atoms with Crippen molar-refractivity contribution in [2.24, 2.45) is 0 Å². The molecule has 100 valence electrons. The molecule has 0 saturated carbocycles. The number of amides is 1. The molecule has 0 aromatic carbocycles. The summed E-state index contributed by atoms with van der Waals surface area (Å²) in [5.74, 6) is -1.19. The highest BCUT2D eigenvalue weighted by Crippen LogP contribution is 2.13. The number of carbonyl (C=O) groups is 2. The molecular weight excluding hydrogens is 222 g/mol. The smallest absolute Gasteiger partial charge is 0.329 e. The van der Waals surface area contributed by atoms with E-state index in [2.05, 4.69) is 5.32 Å². The number of unbranched alkanes of at least 4 members (excludes halogenated alkanes) is 1. The average molecular weight is 245 g/mol. The second kappa shape index (κ2) is 8.06. The lowest BCUT2D eigenvalue weighted by Gasteiger charge is -2.25. The molecule has 0 fully saturated rings. The van der Waals surface area contributed by atoms with Gasteiger partial charge >= 0.3 is 5.97 Å². The molecule has 5 nitrogen and oxygen atoms in total. The van der Waals surface area contributed by atoms with Crippen molar-refractivity contribution in [2.75, 3.05) is 13.7 Å².